The maximum atomic E-state index is 13.0. The molecule has 96 valence electrons. The molecule has 0 aliphatic heterocycles. The molecule has 0 aliphatic rings. The van der Waals surface area contributed by atoms with Gasteiger partial charge in [0.15, 0.2) is 0 Å². The zero-order valence-corrected chi connectivity index (χ0v) is 9.95. The van der Waals surface area contributed by atoms with E-state index in [1.54, 1.807) is 0 Å². The van der Waals surface area contributed by atoms with Crippen molar-refractivity contribution in [3.8, 4) is 0 Å². The summed E-state index contributed by atoms with van der Waals surface area (Å²) in [5.41, 5.74) is -1.03. The molecule has 0 saturated carbocycles. The van der Waals surface area contributed by atoms with Gasteiger partial charge in [0.25, 0.3) is 0 Å². The lowest BCUT2D eigenvalue weighted by Crippen LogP contribution is -2.19. The lowest BCUT2D eigenvalue weighted by Gasteiger charge is -2.20. The van der Waals surface area contributed by atoms with Crippen molar-refractivity contribution in [3.63, 3.8) is 0 Å². The molecule has 1 nitrogen and oxygen atoms in total. The van der Waals surface area contributed by atoms with E-state index in [0.717, 1.165) is 12.1 Å². The van der Waals surface area contributed by atoms with Gasteiger partial charge in [-0.25, -0.2) is 4.39 Å². The van der Waals surface area contributed by atoms with Crippen LogP contribution in [0.5, 0.6) is 0 Å². The van der Waals surface area contributed by atoms with Gasteiger partial charge >= 0.3 is 6.18 Å². The lowest BCUT2D eigenvalue weighted by atomic mass is 9.97. The molecule has 17 heavy (non-hydrogen) atoms. The third kappa shape index (κ3) is 4.24. The molecule has 0 unspecified atom stereocenters. The molecule has 5 heteroatoms. The molecule has 0 spiro atoms. The summed E-state index contributed by atoms with van der Waals surface area (Å²) in [6.07, 6.45) is -4.66. The van der Waals surface area contributed by atoms with Crippen LogP contribution in [0.1, 0.15) is 26.3 Å². The Morgan fingerprint density at radius 2 is 1.71 bits per heavy atom. The van der Waals surface area contributed by atoms with Crippen molar-refractivity contribution in [1.29, 1.82) is 0 Å². The van der Waals surface area contributed by atoms with Crippen LogP contribution < -0.4 is 5.32 Å². The molecule has 0 aliphatic carbocycles. The standard InChI is InChI=1S/C12H15F4N/c1-11(2,3)7-17-8-4-5-10(13)9(6-8)12(14,15)16/h4-6,17H,7H2,1-3H3. The Kier molecular flexibility index (Phi) is 3.69. The number of hydrogen-bond acceptors (Lipinski definition) is 1. The maximum absolute atomic E-state index is 13.0. The van der Waals surface area contributed by atoms with Crippen LogP contribution in [0.4, 0.5) is 23.2 Å². The topological polar surface area (TPSA) is 12.0 Å². The molecule has 0 heterocycles. The number of rotatable bonds is 2. The molecule has 0 bridgehead atoms. The molecule has 0 fully saturated rings. The van der Waals surface area contributed by atoms with Gasteiger partial charge < -0.3 is 5.32 Å². The van der Waals surface area contributed by atoms with Crippen LogP contribution in [0.15, 0.2) is 18.2 Å². The zero-order chi connectivity index (χ0) is 13.3. The SMILES string of the molecule is CC(C)(C)CNc1ccc(F)c(C(F)(F)F)c1. The Bertz CT molecular complexity index is 390. The van der Waals surface area contributed by atoms with Crippen molar-refractivity contribution in [2.45, 2.75) is 26.9 Å². The third-order valence-corrected chi connectivity index (χ3v) is 2.09. The number of hydrogen-bond donors (Lipinski definition) is 1. The first-order valence-electron chi connectivity index (χ1n) is 5.20. The highest BCUT2D eigenvalue weighted by Gasteiger charge is 2.34. The van der Waals surface area contributed by atoms with E-state index in [-0.39, 0.29) is 11.1 Å². The fraction of sp³-hybridized carbons (Fsp3) is 0.500. The molecule has 1 aromatic rings. The molecule has 1 rings (SSSR count). The highest BCUT2D eigenvalue weighted by atomic mass is 19.4. The number of alkyl halides is 3. The molecule has 0 aromatic heterocycles. The van der Waals surface area contributed by atoms with Gasteiger partial charge in [0, 0.05) is 12.2 Å². The second-order valence-corrected chi connectivity index (χ2v) is 5.11. The van der Waals surface area contributed by atoms with Gasteiger partial charge in [0.1, 0.15) is 5.82 Å². The van der Waals surface area contributed by atoms with Crippen molar-refractivity contribution < 1.29 is 17.6 Å². The van der Waals surface area contributed by atoms with Crippen LogP contribution in [0.2, 0.25) is 0 Å². The Labute approximate surface area is 97.8 Å². The van der Waals surface area contributed by atoms with Crippen molar-refractivity contribution in [1.82, 2.24) is 0 Å². The second kappa shape index (κ2) is 4.55. The molecule has 0 radical (unpaired) electrons. The van der Waals surface area contributed by atoms with Crippen LogP contribution >= 0.6 is 0 Å². The quantitative estimate of drug-likeness (QED) is 0.770. The zero-order valence-electron chi connectivity index (χ0n) is 9.95. The highest BCUT2D eigenvalue weighted by molar-refractivity contribution is 5.47. The van der Waals surface area contributed by atoms with Crippen molar-refractivity contribution in [2.24, 2.45) is 5.41 Å². The van der Waals surface area contributed by atoms with Crippen LogP contribution in [-0.2, 0) is 6.18 Å². The monoisotopic (exact) mass is 249 g/mol. The minimum Gasteiger partial charge on any atom is -0.385 e. The minimum atomic E-state index is -4.66. The number of nitrogens with one attached hydrogen (secondary N) is 1. The first-order valence-corrected chi connectivity index (χ1v) is 5.20. The van der Waals surface area contributed by atoms with E-state index in [4.69, 9.17) is 0 Å². The number of anilines is 1. The summed E-state index contributed by atoms with van der Waals surface area (Å²) in [5, 5.41) is 2.86. The molecule has 1 N–H and O–H groups in total. The van der Waals surface area contributed by atoms with Crippen molar-refractivity contribution in [3.05, 3.63) is 29.6 Å². The number of halogens is 4. The van der Waals surface area contributed by atoms with Gasteiger partial charge in [-0.05, 0) is 23.6 Å². The van der Waals surface area contributed by atoms with Crippen LogP contribution in [0, 0.1) is 11.2 Å². The van der Waals surface area contributed by atoms with Gasteiger partial charge in [-0.3, -0.25) is 0 Å². The molecular formula is C12H15F4N. The summed E-state index contributed by atoms with van der Waals surface area (Å²) in [6, 6.07) is 2.92. The minimum absolute atomic E-state index is 0.0627. The van der Waals surface area contributed by atoms with E-state index in [0.29, 0.717) is 6.54 Å². The third-order valence-electron chi connectivity index (χ3n) is 2.09. The van der Waals surface area contributed by atoms with Crippen molar-refractivity contribution in [2.75, 3.05) is 11.9 Å². The average molecular weight is 249 g/mol. The van der Waals surface area contributed by atoms with Crippen molar-refractivity contribution >= 4 is 5.69 Å². The Morgan fingerprint density at radius 3 is 2.18 bits per heavy atom. The molecule has 1 aromatic carbocycles. The fourth-order valence-electron chi connectivity index (χ4n) is 1.22. The van der Waals surface area contributed by atoms with E-state index in [2.05, 4.69) is 5.32 Å². The summed E-state index contributed by atoms with van der Waals surface area (Å²) >= 11 is 0. The van der Waals surface area contributed by atoms with Gasteiger partial charge in [-0.1, -0.05) is 20.8 Å². The number of benzene rings is 1. The Morgan fingerprint density at radius 1 is 1.12 bits per heavy atom. The van der Waals surface area contributed by atoms with Crippen LogP contribution in [-0.4, -0.2) is 6.54 Å². The molecule has 0 amide bonds. The second-order valence-electron chi connectivity index (χ2n) is 5.11. The Hall–Kier alpha value is -1.26. The summed E-state index contributed by atoms with van der Waals surface area (Å²) in [7, 11) is 0. The van der Waals surface area contributed by atoms with E-state index >= 15 is 0 Å². The lowest BCUT2D eigenvalue weighted by molar-refractivity contribution is -0.139. The molecular weight excluding hydrogens is 234 g/mol. The summed E-state index contributed by atoms with van der Waals surface area (Å²) in [5.74, 6) is -1.25. The summed E-state index contributed by atoms with van der Waals surface area (Å²) in [6.45, 7) is 6.37. The van der Waals surface area contributed by atoms with Gasteiger partial charge in [-0.2, -0.15) is 13.2 Å². The van der Waals surface area contributed by atoms with Gasteiger partial charge in [0.05, 0.1) is 5.56 Å². The predicted octanol–water partition coefficient (Wildman–Crippen LogP) is 4.30. The molecule has 0 atom stereocenters. The maximum Gasteiger partial charge on any atom is 0.419 e. The van der Waals surface area contributed by atoms with E-state index in [1.165, 1.54) is 6.07 Å². The summed E-state index contributed by atoms with van der Waals surface area (Å²) < 4.78 is 50.3. The van der Waals surface area contributed by atoms with E-state index < -0.39 is 17.6 Å². The van der Waals surface area contributed by atoms with Gasteiger partial charge in [-0.15, -0.1) is 0 Å². The van der Waals surface area contributed by atoms with E-state index in [1.807, 2.05) is 20.8 Å². The van der Waals surface area contributed by atoms with E-state index in [9.17, 15) is 17.6 Å². The van der Waals surface area contributed by atoms with Gasteiger partial charge in [0.2, 0.25) is 0 Å². The Balaban J connectivity index is 2.90. The van der Waals surface area contributed by atoms with Crippen LogP contribution in [0.3, 0.4) is 0 Å². The largest absolute Gasteiger partial charge is 0.419 e. The molecule has 0 saturated heterocycles. The smallest absolute Gasteiger partial charge is 0.385 e. The highest BCUT2D eigenvalue weighted by Crippen LogP contribution is 2.33. The predicted molar refractivity (Wildman–Crippen MR) is 59.3 cm³/mol. The normalized spacial score (nSPS) is 12.6. The first kappa shape index (κ1) is 13.8. The van der Waals surface area contributed by atoms with Crippen LogP contribution in [0.25, 0.3) is 0 Å². The average Bonchev–Trinajstić information content (AvgIpc) is 2.13. The summed E-state index contributed by atoms with van der Waals surface area (Å²) in [4.78, 5) is 0. The fourth-order valence-corrected chi connectivity index (χ4v) is 1.22. The first-order chi connectivity index (χ1) is 7.59.